The highest BCUT2D eigenvalue weighted by Gasteiger charge is 2.51. The zero-order chi connectivity index (χ0) is 81.1. The Hall–Kier alpha value is -8.90. The van der Waals surface area contributed by atoms with Crippen LogP contribution in [0.3, 0.4) is 0 Å². The maximum absolute atomic E-state index is 15.7. The van der Waals surface area contributed by atoms with Gasteiger partial charge in [-0.1, -0.05) is 109 Å². The second-order valence-corrected chi connectivity index (χ2v) is 30.1. The van der Waals surface area contributed by atoms with Crippen molar-refractivity contribution in [3.05, 3.63) is 105 Å². The van der Waals surface area contributed by atoms with E-state index >= 15 is 24.0 Å². The van der Waals surface area contributed by atoms with Crippen molar-refractivity contribution in [2.24, 2.45) is 17.8 Å². The standard InChI is InChI=1S/C76H104ClF7N12O12/c1-17-44(5)62-71(106)90(11)46(7)66(101)96-36-33-55(96)70(105)93(14)58(40-48-21-27-50(28-22-48)75(79,80)81)69(104)89(10)42-60(97)85-54(32-26-47-25-31-52(53(77)38-47)76(82,83)84)67(102)92(13)57(39-49-23-29-51(78)30-24-49)65(100)87-74(34-19-20-35-74)73(108)95(16)63(45(6)18-2)72(107)94(15)59(68(103)88(8)9)41-61(98)91(12)56(37-43(3)4)64(99)86-62/h21-25,27-31,38,43-46,54-59,62-63H,17-20,26,32-37,39-42H2,1-16H3,(H,85,97)(H,86,99)(H,87,100)/t44-,45-,46-,54-,55-,56-,57-,58-,59-,62-,63-/m0/s1. The summed E-state index contributed by atoms with van der Waals surface area (Å²) in [5.74, 6) is -12.2. The van der Waals surface area contributed by atoms with Crippen molar-refractivity contribution in [2.45, 2.75) is 204 Å². The maximum atomic E-state index is 15.7. The third-order valence-electron chi connectivity index (χ3n) is 21.5. The number of rotatable bonds is 14. The fourth-order valence-electron chi connectivity index (χ4n) is 14.0. The molecule has 2 aliphatic heterocycles. The van der Waals surface area contributed by atoms with Crippen molar-refractivity contribution in [1.29, 1.82) is 0 Å². The first-order valence-corrected chi connectivity index (χ1v) is 36.7. The van der Waals surface area contributed by atoms with Crippen LogP contribution in [-0.2, 0) is 89.1 Å². The SMILES string of the molecule is CC[C@H](C)[C@@H]1NC(=O)[C@H](CC(C)C)N(C)C(=O)C[C@@H](C(=O)N(C)C)N(C)C(=O)[C@H]([C@@H](C)CC)N(C)C(=O)C2(CCCC2)NC(=O)[C@H](Cc2ccc(F)cc2)N(C)C(=O)[C@H](CCc2ccc(C(F)(F)F)c(Cl)c2)NC(=O)CN(C)C(=O)[C@H](Cc2ccc(C(F)(F)F)cc2)N(C)C(=O)[C@@H]2CCN2C(=O)[C@H](C)N(C)C1=O. The molecule has 3 aliphatic rings. The molecule has 1 spiro atoms. The van der Waals surface area contributed by atoms with Gasteiger partial charge >= 0.3 is 12.4 Å². The minimum absolute atomic E-state index is 0.00430. The van der Waals surface area contributed by atoms with E-state index in [0.29, 0.717) is 24.8 Å². The van der Waals surface area contributed by atoms with E-state index in [2.05, 4.69) is 16.0 Å². The highest BCUT2D eigenvalue weighted by molar-refractivity contribution is 6.31. The van der Waals surface area contributed by atoms with E-state index < -0.39 is 203 Å². The summed E-state index contributed by atoms with van der Waals surface area (Å²) in [6.07, 6.45) is -10.4. The van der Waals surface area contributed by atoms with Crippen LogP contribution in [0.25, 0.3) is 0 Å². The molecule has 3 aromatic rings. The molecular weight excluding hydrogens is 1440 g/mol. The van der Waals surface area contributed by atoms with Crippen LogP contribution in [0, 0.1) is 23.6 Å². The summed E-state index contributed by atoms with van der Waals surface area (Å²) in [5.41, 5.74) is -3.42. The maximum Gasteiger partial charge on any atom is 0.417 e. The number of hydrogen-bond donors (Lipinski definition) is 3. The topological polar surface area (TPSA) is 270 Å². The zero-order valence-corrected chi connectivity index (χ0v) is 65.1. The third kappa shape index (κ3) is 21.1. The molecule has 6 rings (SSSR count). The van der Waals surface area contributed by atoms with E-state index in [0.717, 1.165) is 91.0 Å². The first-order valence-electron chi connectivity index (χ1n) is 36.4. The molecule has 108 heavy (non-hydrogen) atoms. The van der Waals surface area contributed by atoms with Gasteiger partial charge in [-0.25, -0.2) is 4.39 Å². The number of carbonyl (C=O) groups is 12. The van der Waals surface area contributed by atoms with Gasteiger partial charge in [0.05, 0.1) is 29.1 Å². The number of hydrogen-bond acceptors (Lipinski definition) is 12. The molecule has 3 N–H and O–H groups in total. The van der Waals surface area contributed by atoms with Crippen LogP contribution in [0.15, 0.2) is 66.7 Å². The molecule has 1 saturated carbocycles. The Morgan fingerprint density at radius 3 is 1.69 bits per heavy atom. The minimum Gasteiger partial charge on any atom is -0.347 e. The van der Waals surface area contributed by atoms with Crippen LogP contribution >= 0.6 is 11.6 Å². The van der Waals surface area contributed by atoms with E-state index in [9.17, 15) is 64.3 Å². The first kappa shape index (κ1) is 88.0. The van der Waals surface area contributed by atoms with Crippen LogP contribution in [0.2, 0.25) is 5.02 Å². The smallest absolute Gasteiger partial charge is 0.347 e. The van der Waals surface area contributed by atoms with Gasteiger partial charge in [0, 0.05) is 82.8 Å². The Morgan fingerprint density at radius 1 is 0.620 bits per heavy atom. The zero-order valence-electron chi connectivity index (χ0n) is 64.3. The van der Waals surface area contributed by atoms with E-state index in [1.54, 1.807) is 41.5 Å². The normalized spacial score (nSPS) is 24.6. The summed E-state index contributed by atoms with van der Waals surface area (Å²) in [7, 11) is 11.8. The van der Waals surface area contributed by atoms with Crippen LogP contribution in [-0.4, -0.2) is 251 Å². The van der Waals surface area contributed by atoms with E-state index in [1.807, 2.05) is 0 Å². The van der Waals surface area contributed by atoms with Gasteiger partial charge in [-0.15, -0.1) is 0 Å². The molecule has 0 bridgehead atoms. The second-order valence-electron chi connectivity index (χ2n) is 29.7. The lowest BCUT2D eigenvalue weighted by Crippen LogP contribution is -2.65. The molecule has 11 atom stereocenters. The molecule has 0 radical (unpaired) electrons. The fourth-order valence-corrected chi connectivity index (χ4v) is 14.3. The highest BCUT2D eigenvalue weighted by Crippen LogP contribution is 2.37. The van der Waals surface area contributed by atoms with Gasteiger partial charge in [-0.2, -0.15) is 26.3 Å². The second kappa shape index (κ2) is 37.0. The predicted octanol–water partition coefficient (Wildman–Crippen LogP) is 7.00. The van der Waals surface area contributed by atoms with Crippen molar-refractivity contribution in [2.75, 3.05) is 76.5 Å². The van der Waals surface area contributed by atoms with Gasteiger partial charge in [0.25, 0.3) is 0 Å². The van der Waals surface area contributed by atoms with Crippen molar-refractivity contribution < 1.29 is 88.3 Å². The van der Waals surface area contributed by atoms with Crippen molar-refractivity contribution in [3.8, 4) is 0 Å². The monoisotopic (exact) mass is 1540 g/mol. The third-order valence-corrected chi connectivity index (χ3v) is 21.9. The molecule has 0 unspecified atom stereocenters. The number of halogens is 8. The van der Waals surface area contributed by atoms with Gasteiger partial charge < -0.3 is 60.0 Å². The summed E-state index contributed by atoms with van der Waals surface area (Å²) in [6.45, 7) is 11.0. The molecule has 12 amide bonds. The summed E-state index contributed by atoms with van der Waals surface area (Å²) < 4.78 is 98.2. The molecule has 1 aliphatic carbocycles. The van der Waals surface area contributed by atoms with Crippen LogP contribution in [0.1, 0.15) is 140 Å². The van der Waals surface area contributed by atoms with E-state index in [4.69, 9.17) is 11.6 Å². The van der Waals surface area contributed by atoms with Crippen LogP contribution in [0.5, 0.6) is 0 Å². The summed E-state index contributed by atoms with van der Waals surface area (Å²) in [4.78, 5) is 190. The number of amides is 12. The number of likely N-dealkylation sites (N-methyl/N-ethyl adjacent to an activating group) is 8. The molecule has 0 aromatic heterocycles. The Morgan fingerprint density at radius 2 is 1.18 bits per heavy atom. The number of carbonyl (C=O) groups excluding carboxylic acids is 12. The average Bonchev–Trinajstić information content (AvgIpc) is 0.962. The van der Waals surface area contributed by atoms with Crippen LogP contribution < -0.4 is 16.0 Å². The molecule has 596 valence electrons. The lowest BCUT2D eigenvalue weighted by Gasteiger charge is -2.45. The van der Waals surface area contributed by atoms with Crippen molar-refractivity contribution in [1.82, 2.24) is 60.0 Å². The lowest BCUT2D eigenvalue weighted by molar-refractivity contribution is -0.160. The van der Waals surface area contributed by atoms with Gasteiger partial charge in [0.1, 0.15) is 65.7 Å². The molecular formula is C76H104ClF7N12O12. The minimum atomic E-state index is -4.86. The van der Waals surface area contributed by atoms with E-state index in [1.165, 1.54) is 90.1 Å². The Kier molecular flexibility index (Phi) is 30.2. The molecule has 3 fully saturated rings. The van der Waals surface area contributed by atoms with Gasteiger partial charge in [0.15, 0.2) is 0 Å². The number of benzene rings is 3. The van der Waals surface area contributed by atoms with Crippen LogP contribution in [0.4, 0.5) is 30.7 Å². The van der Waals surface area contributed by atoms with Crippen molar-refractivity contribution >= 4 is 82.5 Å². The molecule has 2 heterocycles. The number of fused-ring (bicyclic) bond motifs is 1. The number of alkyl halides is 6. The Balaban J connectivity index is 1.52. The molecule has 32 heteroatoms. The van der Waals surface area contributed by atoms with Gasteiger partial charge in [-0.05, 0) is 116 Å². The molecule has 2 saturated heterocycles. The van der Waals surface area contributed by atoms with E-state index in [-0.39, 0.29) is 68.5 Å². The summed E-state index contributed by atoms with van der Waals surface area (Å²) >= 11 is 6.15. The summed E-state index contributed by atoms with van der Waals surface area (Å²) in [6, 6.07) is -1.60. The average molecular weight is 1550 g/mol. The number of aryl methyl sites for hydroxylation is 1. The van der Waals surface area contributed by atoms with Gasteiger partial charge in [0.2, 0.25) is 70.9 Å². The van der Waals surface area contributed by atoms with Gasteiger partial charge in [-0.3, -0.25) is 57.5 Å². The predicted molar refractivity (Wildman–Crippen MR) is 388 cm³/mol. The largest absolute Gasteiger partial charge is 0.417 e. The molecule has 24 nitrogen and oxygen atoms in total. The Labute approximate surface area is 632 Å². The number of nitrogens with one attached hydrogen (secondary N) is 3. The lowest BCUT2D eigenvalue weighted by atomic mass is 9.90. The number of nitrogens with zero attached hydrogens (tertiary/aromatic N) is 9. The quantitative estimate of drug-likeness (QED) is 0.138. The highest BCUT2D eigenvalue weighted by atomic mass is 35.5. The molecule has 3 aromatic carbocycles. The Bertz CT molecular complexity index is 3770. The van der Waals surface area contributed by atoms with Crippen molar-refractivity contribution in [3.63, 3.8) is 0 Å². The fraction of sp³-hybridized carbons (Fsp3) is 0.605. The first-order chi connectivity index (χ1) is 50.3. The summed E-state index contributed by atoms with van der Waals surface area (Å²) in [5, 5.41) is 7.70.